The van der Waals surface area contributed by atoms with Gasteiger partial charge in [0.2, 0.25) is 5.91 Å². The summed E-state index contributed by atoms with van der Waals surface area (Å²) in [7, 11) is 0. The van der Waals surface area contributed by atoms with Crippen molar-refractivity contribution >= 4 is 5.91 Å². The standard InChI is InChI=1S/C26H30N8O/c1-17-12-22(14-23-13-18(2)32-33-23)31-25(30-17)20-5-7-21(8-6-20)26(35)28-16-19-4-9-24(27-15-19)34-11-3-10-29-34/h3-4,9-13,15,20-21H,5-8,14,16H2,1-2H3,(H,28,35)(H,32,33). The van der Waals surface area contributed by atoms with Crippen LogP contribution in [0.15, 0.2) is 48.9 Å². The summed E-state index contributed by atoms with van der Waals surface area (Å²) in [5.74, 6) is 2.08. The van der Waals surface area contributed by atoms with E-state index in [-0.39, 0.29) is 17.7 Å². The van der Waals surface area contributed by atoms with Gasteiger partial charge in [0.05, 0.1) is 11.4 Å². The van der Waals surface area contributed by atoms with Crippen molar-refractivity contribution in [2.45, 2.75) is 58.4 Å². The molecule has 4 aromatic rings. The van der Waals surface area contributed by atoms with Gasteiger partial charge in [0.1, 0.15) is 5.82 Å². The van der Waals surface area contributed by atoms with Crippen LogP contribution in [0.4, 0.5) is 0 Å². The predicted molar refractivity (Wildman–Crippen MR) is 131 cm³/mol. The summed E-state index contributed by atoms with van der Waals surface area (Å²) in [5, 5.41) is 14.6. The monoisotopic (exact) mass is 470 g/mol. The Balaban J connectivity index is 1.13. The van der Waals surface area contributed by atoms with Crippen LogP contribution in [-0.2, 0) is 17.8 Å². The Kier molecular flexibility index (Phi) is 6.65. The maximum absolute atomic E-state index is 12.8. The molecule has 1 aliphatic carbocycles. The molecule has 0 aromatic carbocycles. The van der Waals surface area contributed by atoms with E-state index in [0.29, 0.717) is 13.0 Å². The van der Waals surface area contributed by atoms with E-state index in [1.807, 2.05) is 50.4 Å². The van der Waals surface area contributed by atoms with Crippen LogP contribution in [0.25, 0.3) is 5.82 Å². The molecular formula is C26H30N8O. The van der Waals surface area contributed by atoms with Gasteiger partial charge in [-0.25, -0.2) is 19.6 Å². The van der Waals surface area contributed by atoms with E-state index in [1.165, 1.54) is 0 Å². The van der Waals surface area contributed by atoms with Crippen LogP contribution in [-0.4, -0.2) is 40.8 Å². The summed E-state index contributed by atoms with van der Waals surface area (Å²) in [4.78, 5) is 26.8. The van der Waals surface area contributed by atoms with Crippen molar-refractivity contribution in [3.63, 3.8) is 0 Å². The lowest BCUT2D eigenvalue weighted by Crippen LogP contribution is -2.32. The second kappa shape index (κ2) is 10.2. The van der Waals surface area contributed by atoms with Crippen LogP contribution in [0, 0.1) is 19.8 Å². The van der Waals surface area contributed by atoms with Crippen molar-refractivity contribution < 1.29 is 4.79 Å². The van der Waals surface area contributed by atoms with E-state index < -0.39 is 0 Å². The van der Waals surface area contributed by atoms with Gasteiger partial charge >= 0.3 is 0 Å². The fraction of sp³-hybridized carbons (Fsp3) is 0.385. The van der Waals surface area contributed by atoms with Crippen LogP contribution >= 0.6 is 0 Å². The lowest BCUT2D eigenvalue weighted by Gasteiger charge is -2.27. The van der Waals surface area contributed by atoms with Gasteiger partial charge in [-0.2, -0.15) is 10.2 Å². The predicted octanol–water partition coefficient (Wildman–Crippen LogP) is 3.58. The van der Waals surface area contributed by atoms with E-state index >= 15 is 0 Å². The Morgan fingerprint density at radius 3 is 2.66 bits per heavy atom. The molecule has 9 nitrogen and oxygen atoms in total. The third kappa shape index (κ3) is 5.62. The molecule has 1 saturated carbocycles. The molecule has 2 N–H and O–H groups in total. The number of carbonyl (C=O) groups excluding carboxylic acids is 1. The topological polar surface area (TPSA) is 114 Å². The van der Waals surface area contributed by atoms with E-state index in [1.54, 1.807) is 17.1 Å². The van der Waals surface area contributed by atoms with E-state index in [4.69, 9.17) is 9.97 Å². The zero-order valence-corrected chi connectivity index (χ0v) is 20.1. The second-order valence-corrected chi connectivity index (χ2v) is 9.32. The maximum atomic E-state index is 12.8. The number of aromatic amines is 1. The van der Waals surface area contributed by atoms with E-state index in [0.717, 1.165) is 65.7 Å². The lowest BCUT2D eigenvalue weighted by molar-refractivity contribution is -0.126. The van der Waals surface area contributed by atoms with Gasteiger partial charge in [0.15, 0.2) is 5.82 Å². The second-order valence-electron chi connectivity index (χ2n) is 9.32. The number of hydrogen-bond donors (Lipinski definition) is 2. The highest BCUT2D eigenvalue weighted by Crippen LogP contribution is 2.34. The van der Waals surface area contributed by atoms with Crippen LogP contribution in [0.1, 0.15) is 65.8 Å². The number of aromatic nitrogens is 7. The Bertz CT molecular complexity index is 1270. The summed E-state index contributed by atoms with van der Waals surface area (Å²) < 4.78 is 1.71. The summed E-state index contributed by atoms with van der Waals surface area (Å²) >= 11 is 0. The average Bonchev–Trinajstić information content (AvgIpc) is 3.55. The van der Waals surface area contributed by atoms with Gasteiger partial charge in [-0.05, 0) is 69.4 Å². The normalized spacial score (nSPS) is 17.9. The lowest BCUT2D eigenvalue weighted by atomic mass is 9.81. The fourth-order valence-corrected chi connectivity index (χ4v) is 4.69. The minimum atomic E-state index is 0.0267. The van der Waals surface area contributed by atoms with Crippen molar-refractivity contribution in [3.8, 4) is 5.82 Å². The number of rotatable bonds is 7. The average molecular weight is 471 g/mol. The van der Waals surface area contributed by atoms with Crippen molar-refractivity contribution in [1.29, 1.82) is 0 Å². The smallest absolute Gasteiger partial charge is 0.223 e. The van der Waals surface area contributed by atoms with Crippen LogP contribution < -0.4 is 5.32 Å². The maximum Gasteiger partial charge on any atom is 0.223 e. The molecule has 1 aliphatic rings. The number of nitrogens with one attached hydrogen (secondary N) is 2. The molecule has 1 amide bonds. The van der Waals surface area contributed by atoms with Gasteiger partial charge < -0.3 is 5.32 Å². The molecule has 0 saturated heterocycles. The third-order valence-electron chi connectivity index (χ3n) is 6.52. The number of aryl methyl sites for hydroxylation is 2. The summed E-state index contributed by atoms with van der Waals surface area (Å²) in [5.41, 5.74) is 4.97. The molecule has 0 aliphatic heterocycles. The summed E-state index contributed by atoms with van der Waals surface area (Å²) in [6, 6.07) is 9.81. The Labute approximate surface area is 204 Å². The molecule has 0 radical (unpaired) electrons. The Hall–Kier alpha value is -3.88. The molecule has 0 atom stereocenters. The molecule has 1 fully saturated rings. The van der Waals surface area contributed by atoms with Gasteiger partial charge in [-0.3, -0.25) is 9.89 Å². The number of hydrogen-bond acceptors (Lipinski definition) is 6. The van der Waals surface area contributed by atoms with Crippen LogP contribution in [0.2, 0.25) is 0 Å². The molecule has 0 spiro atoms. The number of amides is 1. The zero-order valence-electron chi connectivity index (χ0n) is 20.1. The van der Waals surface area contributed by atoms with Crippen molar-refractivity contribution in [2.24, 2.45) is 5.92 Å². The Morgan fingerprint density at radius 2 is 1.97 bits per heavy atom. The molecular weight excluding hydrogens is 440 g/mol. The molecule has 0 bridgehead atoms. The number of nitrogens with zero attached hydrogens (tertiary/aromatic N) is 6. The number of pyridine rings is 1. The van der Waals surface area contributed by atoms with Gasteiger partial charge in [0, 0.05) is 54.8 Å². The summed E-state index contributed by atoms with van der Waals surface area (Å²) in [6.07, 6.45) is 9.57. The highest BCUT2D eigenvalue weighted by molar-refractivity contribution is 5.78. The molecule has 0 unspecified atom stereocenters. The third-order valence-corrected chi connectivity index (χ3v) is 6.52. The minimum Gasteiger partial charge on any atom is -0.352 e. The highest BCUT2D eigenvalue weighted by Gasteiger charge is 2.28. The van der Waals surface area contributed by atoms with Crippen LogP contribution in [0.5, 0.6) is 0 Å². The highest BCUT2D eigenvalue weighted by atomic mass is 16.1. The fourth-order valence-electron chi connectivity index (χ4n) is 4.69. The van der Waals surface area contributed by atoms with Gasteiger partial charge in [0.25, 0.3) is 0 Å². The SMILES string of the molecule is Cc1cc(Cc2cc(C)[nH]n2)nc(C2CCC(C(=O)NCc3ccc(-n4cccn4)nc3)CC2)n1. The number of H-pyrrole nitrogens is 1. The van der Waals surface area contributed by atoms with Crippen molar-refractivity contribution in [1.82, 2.24) is 40.2 Å². The molecule has 180 valence electrons. The van der Waals surface area contributed by atoms with E-state index in [2.05, 4.69) is 25.6 Å². The zero-order chi connectivity index (χ0) is 24.2. The molecule has 4 aromatic heterocycles. The first-order valence-electron chi connectivity index (χ1n) is 12.1. The Morgan fingerprint density at radius 1 is 1.11 bits per heavy atom. The first-order valence-corrected chi connectivity index (χ1v) is 12.1. The quantitative estimate of drug-likeness (QED) is 0.427. The number of carbonyl (C=O) groups is 1. The van der Waals surface area contributed by atoms with Crippen LogP contribution in [0.3, 0.4) is 0 Å². The first-order chi connectivity index (χ1) is 17.0. The van der Waals surface area contributed by atoms with E-state index in [9.17, 15) is 4.79 Å². The first kappa shape index (κ1) is 22.9. The molecule has 5 rings (SSSR count). The minimum absolute atomic E-state index is 0.0267. The van der Waals surface area contributed by atoms with Crippen molar-refractivity contribution in [2.75, 3.05) is 0 Å². The van der Waals surface area contributed by atoms with Gasteiger partial charge in [-0.15, -0.1) is 0 Å². The summed E-state index contributed by atoms with van der Waals surface area (Å²) in [6.45, 7) is 4.49. The molecule has 9 heteroatoms. The molecule has 35 heavy (non-hydrogen) atoms. The largest absolute Gasteiger partial charge is 0.352 e. The molecule has 4 heterocycles. The van der Waals surface area contributed by atoms with Gasteiger partial charge in [-0.1, -0.05) is 6.07 Å². The van der Waals surface area contributed by atoms with Crippen molar-refractivity contribution in [3.05, 3.63) is 83.1 Å².